The maximum absolute atomic E-state index is 12.8. The summed E-state index contributed by atoms with van der Waals surface area (Å²) in [4.78, 5) is 0. The molecule has 20 heavy (non-hydrogen) atoms. The molecule has 0 bridgehead atoms. The van der Waals surface area contributed by atoms with Gasteiger partial charge in [-0.3, -0.25) is 0 Å². The summed E-state index contributed by atoms with van der Waals surface area (Å²) in [6.45, 7) is -1.94. The first kappa shape index (κ1) is 15.4. The molecule has 2 heterocycles. The minimum absolute atomic E-state index is 0.00474. The van der Waals surface area contributed by atoms with Crippen LogP contribution in [0, 0.1) is 0 Å². The van der Waals surface area contributed by atoms with Gasteiger partial charge in [-0.05, 0) is 0 Å². The second-order valence-corrected chi connectivity index (χ2v) is 4.79. The number of alkyl halides is 1. The topological polar surface area (TPSA) is 124 Å². The summed E-state index contributed by atoms with van der Waals surface area (Å²) in [6.07, 6.45) is -4.27. The number of halogens is 1. The maximum atomic E-state index is 12.8. The molecule has 1 saturated heterocycles. The highest BCUT2D eigenvalue weighted by atomic mass is 19.1. The lowest BCUT2D eigenvalue weighted by molar-refractivity contribution is -0.281. The lowest BCUT2D eigenvalue weighted by Gasteiger charge is -2.47. The Morgan fingerprint density at radius 1 is 1.40 bits per heavy atom. The molecule has 1 aliphatic rings. The lowest BCUT2D eigenvalue weighted by Crippen LogP contribution is -2.66. The van der Waals surface area contributed by atoms with Crippen LogP contribution in [-0.2, 0) is 11.4 Å². The molecule has 114 valence electrons. The molecule has 1 unspecified atom stereocenters. The molecule has 0 aromatic carbocycles. The molecule has 1 aromatic heterocycles. The fourth-order valence-corrected chi connectivity index (χ4v) is 2.41. The molecule has 7 nitrogen and oxygen atoms in total. The van der Waals surface area contributed by atoms with Crippen LogP contribution >= 0.6 is 0 Å². The van der Waals surface area contributed by atoms with Crippen LogP contribution in [0.4, 0.5) is 4.39 Å². The molecular formula is C12H17FO7. The maximum Gasteiger partial charge on any atom is 0.151 e. The smallest absolute Gasteiger partial charge is 0.151 e. The first-order valence-electron chi connectivity index (χ1n) is 6.06. The summed E-state index contributed by atoms with van der Waals surface area (Å²) >= 11 is 0. The Kier molecular flexibility index (Phi) is 4.43. The van der Waals surface area contributed by atoms with E-state index < -0.39 is 43.3 Å². The molecule has 1 fully saturated rings. The first-order valence-corrected chi connectivity index (χ1v) is 6.06. The van der Waals surface area contributed by atoms with Crippen molar-refractivity contribution in [3.05, 3.63) is 23.7 Å². The zero-order valence-electron chi connectivity index (χ0n) is 10.5. The average molecular weight is 292 g/mol. The quantitative estimate of drug-likeness (QED) is 0.463. The van der Waals surface area contributed by atoms with Crippen molar-refractivity contribution in [1.82, 2.24) is 0 Å². The molecule has 0 saturated carbocycles. The molecule has 1 aliphatic heterocycles. The minimum atomic E-state index is -2.39. The number of ether oxygens (including phenoxy) is 1. The molecule has 8 heteroatoms. The van der Waals surface area contributed by atoms with Gasteiger partial charge < -0.3 is 34.7 Å². The van der Waals surface area contributed by atoms with E-state index in [0.29, 0.717) is 0 Å². The van der Waals surface area contributed by atoms with Crippen molar-refractivity contribution in [3.8, 4) is 0 Å². The number of aliphatic hydroxyl groups is 5. The molecule has 2 rings (SSSR count). The van der Waals surface area contributed by atoms with Crippen molar-refractivity contribution in [1.29, 1.82) is 0 Å². The van der Waals surface area contributed by atoms with Gasteiger partial charge in [0.15, 0.2) is 5.60 Å². The molecule has 0 spiro atoms. The second-order valence-electron chi connectivity index (χ2n) is 4.79. The Hall–Kier alpha value is -1.03. The van der Waals surface area contributed by atoms with Crippen LogP contribution in [0.3, 0.4) is 0 Å². The second kappa shape index (κ2) is 5.76. The van der Waals surface area contributed by atoms with E-state index in [-0.39, 0.29) is 17.7 Å². The zero-order valence-corrected chi connectivity index (χ0v) is 10.5. The number of hydrogen-bond acceptors (Lipinski definition) is 7. The number of rotatable bonds is 4. The van der Waals surface area contributed by atoms with Crippen LogP contribution in [0.25, 0.3) is 0 Å². The van der Waals surface area contributed by atoms with Crippen molar-refractivity contribution >= 4 is 0 Å². The van der Waals surface area contributed by atoms with Crippen LogP contribution in [-0.4, -0.2) is 62.7 Å². The zero-order chi connectivity index (χ0) is 14.9. The van der Waals surface area contributed by atoms with E-state index in [1.54, 1.807) is 0 Å². The normalized spacial score (nSPS) is 36.0. The van der Waals surface area contributed by atoms with Crippen LogP contribution in [0.5, 0.6) is 0 Å². The van der Waals surface area contributed by atoms with Gasteiger partial charge in [-0.25, -0.2) is 4.39 Å². The summed E-state index contributed by atoms with van der Waals surface area (Å²) in [5.74, 6) is 0. The van der Waals surface area contributed by atoms with Gasteiger partial charge in [-0.15, -0.1) is 0 Å². The highest BCUT2D eigenvalue weighted by molar-refractivity contribution is 5.27. The molecule has 1 aromatic rings. The lowest BCUT2D eigenvalue weighted by atomic mass is 9.77. The Balaban J connectivity index is 2.39. The van der Waals surface area contributed by atoms with E-state index in [1.165, 1.54) is 0 Å². The highest BCUT2D eigenvalue weighted by Crippen LogP contribution is 2.39. The van der Waals surface area contributed by atoms with Crippen LogP contribution in [0.15, 0.2) is 16.9 Å². The third-order valence-corrected chi connectivity index (χ3v) is 3.64. The Labute approximate surface area is 113 Å². The van der Waals surface area contributed by atoms with Gasteiger partial charge in [-0.1, -0.05) is 0 Å². The summed E-state index contributed by atoms with van der Waals surface area (Å²) in [5, 5.41) is 49.5. The Bertz CT molecular complexity index is 447. The van der Waals surface area contributed by atoms with Gasteiger partial charge in [-0.2, -0.15) is 0 Å². The van der Waals surface area contributed by atoms with Gasteiger partial charge in [0.1, 0.15) is 31.1 Å². The monoisotopic (exact) mass is 292 g/mol. The molecule has 0 amide bonds. The van der Waals surface area contributed by atoms with Crippen molar-refractivity contribution in [2.45, 2.75) is 36.7 Å². The summed E-state index contributed by atoms with van der Waals surface area (Å²) < 4.78 is 22.6. The number of aliphatic hydroxyl groups excluding tert-OH is 4. The van der Waals surface area contributed by atoms with Gasteiger partial charge in [0.05, 0.1) is 25.7 Å². The average Bonchev–Trinajstić information content (AvgIpc) is 2.92. The predicted octanol–water partition coefficient (Wildman–Crippen LogP) is -1.37. The van der Waals surface area contributed by atoms with Gasteiger partial charge in [0, 0.05) is 11.1 Å². The van der Waals surface area contributed by atoms with E-state index in [9.17, 15) is 29.9 Å². The number of furan rings is 1. The molecule has 5 N–H and O–H groups in total. The highest BCUT2D eigenvalue weighted by Gasteiger charge is 2.56. The Morgan fingerprint density at radius 2 is 2.10 bits per heavy atom. The molecule has 0 aliphatic carbocycles. The van der Waals surface area contributed by atoms with E-state index in [4.69, 9.17) is 9.15 Å². The predicted molar refractivity (Wildman–Crippen MR) is 62.3 cm³/mol. The van der Waals surface area contributed by atoms with Crippen LogP contribution in [0.2, 0.25) is 0 Å². The van der Waals surface area contributed by atoms with Crippen LogP contribution < -0.4 is 0 Å². The third-order valence-electron chi connectivity index (χ3n) is 3.64. The first-order chi connectivity index (χ1) is 9.46. The fraction of sp³-hybridized carbons (Fsp3) is 0.667. The molecular weight excluding hydrogens is 275 g/mol. The third kappa shape index (κ3) is 2.24. The summed E-state index contributed by atoms with van der Waals surface area (Å²) in [5.41, 5.74) is -2.47. The van der Waals surface area contributed by atoms with E-state index in [0.717, 1.165) is 12.5 Å². The van der Waals surface area contributed by atoms with E-state index in [2.05, 4.69) is 0 Å². The van der Waals surface area contributed by atoms with Crippen molar-refractivity contribution in [2.24, 2.45) is 0 Å². The number of hydrogen-bond donors (Lipinski definition) is 5. The Morgan fingerprint density at radius 3 is 2.70 bits per heavy atom. The summed E-state index contributed by atoms with van der Waals surface area (Å²) in [6, 6.07) is 0. The fourth-order valence-electron chi connectivity index (χ4n) is 2.41. The minimum Gasteiger partial charge on any atom is -0.472 e. The van der Waals surface area contributed by atoms with Gasteiger partial charge in [0.25, 0.3) is 0 Å². The standard InChI is InChI=1S/C12H17FO7/c13-1-6-3-19-4-7(6)10(16)12(18)9(2-14)20-5-8(15)11(12)17/h3-4,8-11,14-18H,1-2,5H2/t8-,9+,10?,11+,12-/m0/s1. The van der Waals surface area contributed by atoms with Crippen molar-refractivity contribution in [3.63, 3.8) is 0 Å². The van der Waals surface area contributed by atoms with Crippen molar-refractivity contribution in [2.75, 3.05) is 13.2 Å². The molecule has 0 radical (unpaired) electrons. The molecule has 5 atom stereocenters. The SMILES string of the molecule is OC[C@H]1OC[C@H](O)[C@@H](O)[C@@]1(O)C(O)c1cocc1CF. The van der Waals surface area contributed by atoms with E-state index >= 15 is 0 Å². The van der Waals surface area contributed by atoms with E-state index in [1.807, 2.05) is 0 Å². The summed E-state index contributed by atoms with van der Waals surface area (Å²) in [7, 11) is 0. The van der Waals surface area contributed by atoms with Gasteiger partial charge in [0.2, 0.25) is 0 Å². The van der Waals surface area contributed by atoms with Gasteiger partial charge >= 0.3 is 0 Å². The van der Waals surface area contributed by atoms with Crippen molar-refractivity contribution < 1.29 is 39.1 Å². The largest absolute Gasteiger partial charge is 0.472 e. The van der Waals surface area contributed by atoms with Crippen LogP contribution in [0.1, 0.15) is 17.2 Å².